The van der Waals surface area contributed by atoms with Crippen molar-refractivity contribution in [2.24, 2.45) is 17.1 Å². The Morgan fingerprint density at radius 1 is 1.00 bits per heavy atom. The van der Waals surface area contributed by atoms with Gasteiger partial charge < -0.3 is 5.73 Å². The fraction of sp³-hybridized carbons (Fsp3) is 0.474. The average molecular weight is 269 g/mol. The maximum Gasteiger partial charge on any atom is 0.00820 e. The quantitative estimate of drug-likeness (QED) is 0.849. The zero-order chi connectivity index (χ0) is 14.8. The van der Waals surface area contributed by atoms with Crippen molar-refractivity contribution in [3.05, 3.63) is 48.0 Å². The van der Waals surface area contributed by atoms with E-state index in [9.17, 15) is 0 Å². The summed E-state index contributed by atoms with van der Waals surface area (Å²) >= 11 is 0. The minimum Gasteiger partial charge on any atom is -0.327 e. The van der Waals surface area contributed by atoms with Crippen LogP contribution >= 0.6 is 0 Å². The third kappa shape index (κ3) is 3.83. The fourth-order valence-electron chi connectivity index (χ4n) is 2.56. The van der Waals surface area contributed by atoms with Gasteiger partial charge in [0.25, 0.3) is 0 Å². The number of hydrogen-bond acceptors (Lipinski definition) is 1. The summed E-state index contributed by atoms with van der Waals surface area (Å²) in [6, 6.07) is 15.4. The van der Waals surface area contributed by atoms with Gasteiger partial charge in [-0.15, -0.1) is 0 Å². The Bertz CT molecular complexity index is 565. The van der Waals surface area contributed by atoms with Crippen LogP contribution in [0.5, 0.6) is 0 Å². The summed E-state index contributed by atoms with van der Waals surface area (Å²) in [5.41, 5.74) is 8.03. The molecule has 0 aliphatic rings. The van der Waals surface area contributed by atoms with Gasteiger partial charge >= 0.3 is 0 Å². The van der Waals surface area contributed by atoms with Gasteiger partial charge in [0.15, 0.2) is 0 Å². The van der Waals surface area contributed by atoms with Crippen molar-refractivity contribution < 1.29 is 0 Å². The lowest BCUT2D eigenvalue weighted by Gasteiger charge is -2.29. The number of hydrogen-bond donors (Lipinski definition) is 1. The molecule has 0 aliphatic carbocycles. The minimum absolute atomic E-state index is 0.241. The van der Waals surface area contributed by atoms with Crippen LogP contribution in [0.25, 0.3) is 10.8 Å². The second-order valence-electron chi connectivity index (χ2n) is 7.15. The Hall–Kier alpha value is -1.34. The van der Waals surface area contributed by atoms with Crippen LogP contribution in [0.4, 0.5) is 0 Å². The molecule has 1 nitrogen and oxygen atoms in total. The molecule has 108 valence electrons. The molecule has 20 heavy (non-hydrogen) atoms. The molecule has 2 N–H and O–H groups in total. The molecule has 1 heteroatoms. The van der Waals surface area contributed by atoms with Crippen LogP contribution < -0.4 is 5.73 Å². The topological polar surface area (TPSA) is 26.0 Å². The molecule has 0 spiro atoms. The highest BCUT2D eigenvalue weighted by atomic mass is 14.6. The van der Waals surface area contributed by atoms with Gasteiger partial charge in [-0.2, -0.15) is 0 Å². The van der Waals surface area contributed by atoms with E-state index in [0.29, 0.717) is 11.3 Å². The van der Waals surface area contributed by atoms with E-state index >= 15 is 0 Å². The highest BCUT2D eigenvalue weighted by Gasteiger charge is 2.22. The smallest absolute Gasteiger partial charge is 0.00820 e. The van der Waals surface area contributed by atoms with Gasteiger partial charge in [0.05, 0.1) is 0 Å². The molecule has 2 atom stereocenters. The predicted molar refractivity (Wildman–Crippen MR) is 88.9 cm³/mol. The SMILES string of the molecule is CC(CC(N)Cc1ccc2ccccc2c1)C(C)(C)C. The lowest BCUT2D eigenvalue weighted by Crippen LogP contribution is -2.30. The summed E-state index contributed by atoms with van der Waals surface area (Å²) in [6.45, 7) is 9.18. The normalized spacial score (nSPS) is 15.2. The largest absolute Gasteiger partial charge is 0.327 e. The molecule has 0 saturated heterocycles. The van der Waals surface area contributed by atoms with Crippen molar-refractivity contribution in [1.82, 2.24) is 0 Å². The number of nitrogens with two attached hydrogens (primary N) is 1. The maximum atomic E-state index is 6.35. The molecule has 0 aromatic heterocycles. The number of rotatable bonds is 4. The molecule has 2 aromatic rings. The maximum absolute atomic E-state index is 6.35. The molecule has 0 heterocycles. The molecule has 0 aliphatic heterocycles. The first kappa shape index (κ1) is 15.1. The average Bonchev–Trinajstić information content (AvgIpc) is 2.37. The van der Waals surface area contributed by atoms with E-state index < -0.39 is 0 Å². The van der Waals surface area contributed by atoms with Crippen molar-refractivity contribution in [2.75, 3.05) is 0 Å². The van der Waals surface area contributed by atoms with Crippen molar-refractivity contribution in [1.29, 1.82) is 0 Å². The third-order valence-corrected chi connectivity index (χ3v) is 4.45. The highest BCUT2D eigenvalue weighted by Crippen LogP contribution is 2.29. The van der Waals surface area contributed by atoms with E-state index in [4.69, 9.17) is 5.73 Å². The molecule has 0 fully saturated rings. The molecular formula is C19H27N. The Morgan fingerprint density at radius 3 is 2.30 bits per heavy atom. The molecule has 2 unspecified atom stereocenters. The second kappa shape index (κ2) is 5.97. The predicted octanol–water partition coefficient (Wildman–Crippen LogP) is 4.78. The summed E-state index contributed by atoms with van der Waals surface area (Å²) in [5, 5.41) is 2.61. The Morgan fingerprint density at radius 2 is 1.65 bits per heavy atom. The van der Waals surface area contributed by atoms with Crippen LogP contribution in [-0.4, -0.2) is 6.04 Å². The molecule has 0 amide bonds. The summed E-state index contributed by atoms with van der Waals surface area (Å²) in [4.78, 5) is 0. The van der Waals surface area contributed by atoms with Gasteiger partial charge in [0.2, 0.25) is 0 Å². The summed E-state index contributed by atoms with van der Waals surface area (Å²) in [6.07, 6.45) is 2.04. The fourth-order valence-corrected chi connectivity index (χ4v) is 2.56. The zero-order valence-corrected chi connectivity index (χ0v) is 13.2. The van der Waals surface area contributed by atoms with Crippen molar-refractivity contribution in [3.63, 3.8) is 0 Å². The van der Waals surface area contributed by atoms with Gasteiger partial charge in [0, 0.05) is 6.04 Å². The van der Waals surface area contributed by atoms with E-state index in [0.717, 1.165) is 12.8 Å². The monoisotopic (exact) mass is 269 g/mol. The lowest BCUT2D eigenvalue weighted by molar-refractivity contribution is 0.233. The van der Waals surface area contributed by atoms with Crippen LogP contribution in [0.15, 0.2) is 42.5 Å². The van der Waals surface area contributed by atoms with Crippen molar-refractivity contribution in [3.8, 4) is 0 Å². The van der Waals surface area contributed by atoms with Crippen LogP contribution in [0.1, 0.15) is 39.7 Å². The second-order valence-corrected chi connectivity index (χ2v) is 7.15. The zero-order valence-electron chi connectivity index (χ0n) is 13.2. The Balaban J connectivity index is 2.04. The summed E-state index contributed by atoms with van der Waals surface area (Å²) in [7, 11) is 0. The molecule has 0 saturated carbocycles. The van der Waals surface area contributed by atoms with E-state index in [1.807, 2.05) is 0 Å². The highest BCUT2D eigenvalue weighted by molar-refractivity contribution is 5.82. The Labute approximate surface area is 123 Å². The van der Waals surface area contributed by atoms with Gasteiger partial charge in [-0.05, 0) is 40.5 Å². The van der Waals surface area contributed by atoms with Crippen molar-refractivity contribution in [2.45, 2.75) is 46.6 Å². The summed E-state index contributed by atoms with van der Waals surface area (Å²) in [5.74, 6) is 0.637. The first-order chi connectivity index (χ1) is 9.36. The molecule has 2 aromatic carbocycles. The van der Waals surface area contributed by atoms with Crippen LogP contribution in [-0.2, 0) is 6.42 Å². The van der Waals surface area contributed by atoms with Gasteiger partial charge in [0.1, 0.15) is 0 Å². The van der Waals surface area contributed by atoms with E-state index in [1.165, 1.54) is 16.3 Å². The molecule has 2 rings (SSSR count). The lowest BCUT2D eigenvalue weighted by atomic mass is 9.78. The molecular weight excluding hydrogens is 242 g/mol. The molecule has 0 radical (unpaired) electrons. The number of fused-ring (bicyclic) bond motifs is 1. The standard InChI is InChI=1S/C19H27N/c1-14(19(2,3)4)11-18(20)13-15-9-10-16-7-5-6-8-17(16)12-15/h5-10,12,14,18H,11,13,20H2,1-4H3. The van der Waals surface area contributed by atoms with E-state index in [-0.39, 0.29) is 6.04 Å². The first-order valence-electron chi connectivity index (χ1n) is 7.59. The Kier molecular flexibility index (Phi) is 4.49. The van der Waals surface area contributed by atoms with Crippen LogP contribution in [0.2, 0.25) is 0 Å². The molecule has 0 bridgehead atoms. The van der Waals surface area contributed by atoms with Gasteiger partial charge in [-0.3, -0.25) is 0 Å². The van der Waals surface area contributed by atoms with Gasteiger partial charge in [-0.1, -0.05) is 70.2 Å². The first-order valence-corrected chi connectivity index (χ1v) is 7.59. The van der Waals surface area contributed by atoms with Crippen LogP contribution in [0.3, 0.4) is 0 Å². The third-order valence-electron chi connectivity index (χ3n) is 4.45. The van der Waals surface area contributed by atoms with Crippen LogP contribution in [0, 0.1) is 11.3 Å². The van der Waals surface area contributed by atoms with Crippen molar-refractivity contribution >= 4 is 10.8 Å². The summed E-state index contributed by atoms with van der Waals surface area (Å²) < 4.78 is 0. The van der Waals surface area contributed by atoms with E-state index in [1.54, 1.807) is 0 Å². The van der Waals surface area contributed by atoms with Gasteiger partial charge in [-0.25, -0.2) is 0 Å². The minimum atomic E-state index is 0.241. The van der Waals surface area contributed by atoms with E-state index in [2.05, 4.69) is 70.2 Å². The number of benzene rings is 2.